The minimum atomic E-state index is -0.960. The fourth-order valence-electron chi connectivity index (χ4n) is 7.81. The Kier molecular flexibility index (Phi) is 11.7. The maximum Gasteiger partial charge on any atom is 0.323 e. The van der Waals surface area contributed by atoms with E-state index in [1.54, 1.807) is 24.4 Å². The molecular weight excluding hydrogens is 704 g/mol. The van der Waals surface area contributed by atoms with Crippen molar-refractivity contribution in [3.8, 4) is 34.4 Å². The molecule has 2 fully saturated rings. The van der Waals surface area contributed by atoms with Crippen molar-refractivity contribution in [2.24, 2.45) is 0 Å². The normalized spacial score (nSPS) is 18.0. The number of piperidine rings is 1. The molecule has 0 bridgehead atoms. The summed E-state index contributed by atoms with van der Waals surface area (Å²) in [5.74, 6) is 1.02. The molecule has 4 aromatic rings. The molecule has 0 radical (unpaired) electrons. The number of benzene rings is 3. The molecule has 1 aliphatic heterocycles. The second-order valence-electron chi connectivity index (χ2n) is 14.7. The van der Waals surface area contributed by atoms with Crippen molar-refractivity contribution in [3.63, 3.8) is 0 Å². The molecule has 54 heavy (non-hydrogen) atoms. The zero-order valence-electron chi connectivity index (χ0n) is 30.7. The zero-order chi connectivity index (χ0) is 37.7. The number of carboxylic acid groups (broad SMARTS) is 1. The Hall–Kier alpha value is -4.66. The lowest BCUT2D eigenvalue weighted by Crippen LogP contribution is -2.56. The van der Waals surface area contributed by atoms with Gasteiger partial charge in [-0.3, -0.25) is 15.1 Å². The Labute approximate surface area is 321 Å². The number of ether oxygens (including phenoxy) is 3. The largest absolute Gasteiger partial charge is 0.493 e. The number of hydrogen-bond donors (Lipinski definition) is 3. The predicted octanol–water partition coefficient (Wildman–Crippen LogP) is 7.55. The van der Waals surface area contributed by atoms with E-state index in [0.717, 1.165) is 86.2 Å². The molecule has 3 aromatic carbocycles. The summed E-state index contributed by atoms with van der Waals surface area (Å²) in [5, 5.41) is 32.7. The topological polar surface area (TPSA) is 137 Å². The number of aliphatic hydroxyl groups excluding tert-OH is 1. The molecule has 3 N–H and O–H groups in total. The number of aliphatic carboxylic acids is 1. The molecule has 1 saturated carbocycles. The highest BCUT2D eigenvalue weighted by molar-refractivity contribution is 6.32. The second kappa shape index (κ2) is 16.8. The lowest BCUT2D eigenvalue weighted by Gasteiger charge is -2.38. The summed E-state index contributed by atoms with van der Waals surface area (Å²) in [7, 11) is 0. The number of halogens is 1. The molecule has 1 saturated heterocycles. The molecule has 7 rings (SSSR count). The van der Waals surface area contributed by atoms with Crippen molar-refractivity contribution in [2.45, 2.75) is 89.2 Å². The minimum absolute atomic E-state index is 0.155. The molecular formula is C43H47ClN4O6. The highest BCUT2D eigenvalue weighted by Gasteiger charge is 2.44. The van der Waals surface area contributed by atoms with Crippen LogP contribution in [0.1, 0.15) is 84.4 Å². The van der Waals surface area contributed by atoms with E-state index in [-0.39, 0.29) is 25.4 Å². The molecule has 2 aliphatic carbocycles. The molecule has 0 unspecified atom stereocenters. The number of aliphatic hydroxyl groups is 1. The van der Waals surface area contributed by atoms with Crippen LogP contribution in [0, 0.1) is 18.3 Å². The van der Waals surface area contributed by atoms with Gasteiger partial charge in [-0.2, -0.15) is 5.26 Å². The molecule has 1 aromatic heterocycles. The first-order chi connectivity index (χ1) is 26.2. The monoisotopic (exact) mass is 750 g/mol. The summed E-state index contributed by atoms with van der Waals surface area (Å²) >= 11 is 6.89. The van der Waals surface area contributed by atoms with Gasteiger partial charge in [0, 0.05) is 55.8 Å². The molecule has 2 heterocycles. The van der Waals surface area contributed by atoms with Gasteiger partial charge in [0.25, 0.3) is 0 Å². The number of fused-ring (bicyclic) bond motifs is 1. The van der Waals surface area contributed by atoms with Crippen LogP contribution in [0.5, 0.6) is 17.2 Å². The van der Waals surface area contributed by atoms with Gasteiger partial charge in [0.05, 0.1) is 23.3 Å². The molecule has 0 amide bonds. The van der Waals surface area contributed by atoms with E-state index >= 15 is 0 Å². The van der Waals surface area contributed by atoms with Crippen molar-refractivity contribution in [1.82, 2.24) is 15.2 Å². The lowest BCUT2D eigenvalue weighted by atomic mass is 9.76. The van der Waals surface area contributed by atoms with Crippen LogP contribution in [-0.2, 0) is 24.4 Å². The van der Waals surface area contributed by atoms with E-state index < -0.39 is 11.5 Å². The standard InChI is InChI=1S/C43H47ClN4O6/c1-28-33(6-3-9-38(28)52-19-5-16-48-17-12-32(49)13-18-48)34-7-2-8-36-35(34)10-11-39(36)54-41-22-40(53-27-30-20-29(23-45)24-46-25-30)31(21-37(41)44)26-47-43(42(50)51)14-4-15-43/h2-3,6-9,20-22,24-25,32,39,47,49H,4-5,10-19,26-27H2,1H3,(H,50,51)/t39-/m0/s1. The maximum absolute atomic E-state index is 12.1. The third-order valence-electron chi connectivity index (χ3n) is 11.2. The van der Waals surface area contributed by atoms with Crippen molar-refractivity contribution in [1.29, 1.82) is 5.26 Å². The molecule has 10 nitrogen and oxygen atoms in total. The summed E-state index contributed by atoms with van der Waals surface area (Å²) in [4.78, 5) is 18.6. The van der Waals surface area contributed by atoms with Crippen LogP contribution in [0.25, 0.3) is 11.1 Å². The summed E-state index contributed by atoms with van der Waals surface area (Å²) in [6.07, 6.45) is 8.98. The Morgan fingerprint density at radius 2 is 1.83 bits per heavy atom. The molecule has 1 atom stereocenters. The van der Waals surface area contributed by atoms with Gasteiger partial charge in [0.2, 0.25) is 0 Å². The summed E-state index contributed by atoms with van der Waals surface area (Å²) in [5.41, 5.74) is 6.68. The van der Waals surface area contributed by atoms with Crippen LogP contribution < -0.4 is 19.5 Å². The Morgan fingerprint density at radius 3 is 2.59 bits per heavy atom. The summed E-state index contributed by atoms with van der Waals surface area (Å²) < 4.78 is 19.3. The average Bonchev–Trinajstić information content (AvgIpc) is 3.57. The van der Waals surface area contributed by atoms with E-state index in [4.69, 9.17) is 25.8 Å². The van der Waals surface area contributed by atoms with Crippen molar-refractivity contribution >= 4 is 17.6 Å². The fourth-order valence-corrected chi connectivity index (χ4v) is 8.04. The average molecular weight is 751 g/mol. The van der Waals surface area contributed by atoms with Gasteiger partial charge >= 0.3 is 5.97 Å². The first-order valence-electron chi connectivity index (χ1n) is 18.9. The fraction of sp³-hybridized carbons (Fsp3) is 0.419. The second-order valence-corrected chi connectivity index (χ2v) is 15.1. The molecule has 11 heteroatoms. The number of nitriles is 1. The van der Waals surface area contributed by atoms with E-state index in [9.17, 15) is 20.3 Å². The van der Waals surface area contributed by atoms with Gasteiger partial charge in [-0.1, -0.05) is 41.9 Å². The van der Waals surface area contributed by atoms with Gasteiger partial charge < -0.3 is 29.3 Å². The van der Waals surface area contributed by atoms with Crippen LogP contribution in [0.2, 0.25) is 5.02 Å². The van der Waals surface area contributed by atoms with Crippen molar-refractivity contribution in [2.75, 3.05) is 26.2 Å². The number of aromatic nitrogens is 1. The van der Waals surface area contributed by atoms with Gasteiger partial charge in [0.1, 0.15) is 41.6 Å². The van der Waals surface area contributed by atoms with Crippen LogP contribution in [0.4, 0.5) is 0 Å². The predicted molar refractivity (Wildman–Crippen MR) is 206 cm³/mol. The Bertz CT molecular complexity index is 2020. The lowest BCUT2D eigenvalue weighted by molar-refractivity contribution is -0.148. The van der Waals surface area contributed by atoms with Crippen LogP contribution in [0.15, 0.2) is 67.0 Å². The highest BCUT2D eigenvalue weighted by Crippen LogP contribution is 2.44. The number of hydrogen-bond acceptors (Lipinski definition) is 9. The van der Waals surface area contributed by atoms with E-state index in [0.29, 0.717) is 47.1 Å². The van der Waals surface area contributed by atoms with E-state index in [1.807, 2.05) is 6.07 Å². The minimum Gasteiger partial charge on any atom is -0.493 e. The number of carboxylic acids is 1. The number of likely N-dealkylation sites (tertiary alicyclic amines) is 1. The van der Waals surface area contributed by atoms with Crippen molar-refractivity contribution < 1.29 is 29.2 Å². The number of nitrogens with zero attached hydrogens (tertiary/aromatic N) is 3. The molecule has 3 aliphatic rings. The van der Waals surface area contributed by atoms with E-state index in [1.165, 1.54) is 17.3 Å². The van der Waals surface area contributed by atoms with Crippen LogP contribution in [0.3, 0.4) is 0 Å². The molecule has 282 valence electrons. The SMILES string of the molecule is Cc1c(OCCCN2CCC(O)CC2)cccc1-c1cccc2c1CC[C@@H]2Oc1cc(OCc2cncc(C#N)c2)c(CNC2(C(=O)O)CCC2)cc1Cl. The molecule has 0 spiro atoms. The Morgan fingerprint density at radius 1 is 1.04 bits per heavy atom. The first kappa shape index (κ1) is 37.6. The maximum atomic E-state index is 12.1. The quantitative estimate of drug-likeness (QED) is 0.105. The number of nitrogens with one attached hydrogen (secondary N) is 1. The van der Waals surface area contributed by atoms with Crippen LogP contribution in [-0.4, -0.2) is 64.0 Å². The van der Waals surface area contributed by atoms with Crippen LogP contribution >= 0.6 is 11.6 Å². The smallest absolute Gasteiger partial charge is 0.323 e. The zero-order valence-corrected chi connectivity index (χ0v) is 31.4. The highest BCUT2D eigenvalue weighted by atomic mass is 35.5. The first-order valence-corrected chi connectivity index (χ1v) is 19.3. The number of pyridine rings is 1. The Balaban J connectivity index is 1.08. The third-order valence-corrected chi connectivity index (χ3v) is 11.5. The van der Waals surface area contributed by atoms with Gasteiger partial charge in [0.15, 0.2) is 0 Å². The summed E-state index contributed by atoms with van der Waals surface area (Å²) in [6.45, 7) is 6.01. The van der Waals surface area contributed by atoms with E-state index in [2.05, 4.69) is 58.5 Å². The third kappa shape index (κ3) is 8.35. The van der Waals surface area contributed by atoms with Gasteiger partial charge in [-0.25, -0.2) is 0 Å². The summed E-state index contributed by atoms with van der Waals surface area (Å²) in [6, 6.07) is 20.0. The van der Waals surface area contributed by atoms with Gasteiger partial charge in [-0.05, 0) is 104 Å². The van der Waals surface area contributed by atoms with Gasteiger partial charge in [-0.15, -0.1) is 0 Å². The number of rotatable bonds is 15. The number of carbonyl (C=O) groups is 1. The van der Waals surface area contributed by atoms with Crippen molar-refractivity contribution in [3.05, 3.63) is 105 Å².